The molecule has 1 aliphatic rings. The van der Waals surface area contributed by atoms with E-state index in [1.165, 1.54) is 30.4 Å². The van der Waals surface area contributed by atoms with Gasteiger partial charge in [-0.3, -0.25) is 9.89 Å². The Morgan fingerprint density at radius 2 is 2.00 bits per heavy atom. The number of piperazine rings is 1. The molecule has 0 spiro atoms. The average molecular weight is 404 g/mol. The monoisotopic (exact) mass is 403 g/mol. The van der Waals surface area contributed by atoms with Gasteiger partial charge in [-0.15, -0.1) is 0 Å². The predicted molar refractivity (Wildman–Crippen MR) is 123 cm³/mol. The lowest BCUT2D eigenvalue weighted by atomic mass is 10.1. The van der Waals surface area contributed by atoms with Crippen LogP contribution < -0.4 is 15.4 Å². The van der Waals surface area contributed by atoms with E-state index in [2.05, 4.69) is 71.6 Å². The first-order chi connectivity index (χ1) is 14.0. The van der Waals surface area contributed by atoms with E-state index in [9.17, 15) is 0 Å². The molecule has 1 aliphatic heterocycles. The number of hydrogen-bond acceptors (Lipinski definition) is 4. The lowest BCUT2D eigenvalue weighted by Gasteiger charge is -2.37. The van der Waals surface area contributed by atoms with Crippen LogP contribution in [0.4, 0.5) is 0 Å². The Hall–Kier alpha value is -1.79. The third-order valence-electron chi connectivity index (χ3n) is 5.63. The SMILES string of the molecule is CCCCCCOc1cc(C)ccc1CNC(=NC)NCC1CN(C)CCN1C. The molecule has 1 aromatic carbocycles. The molecule has 0 radical (unpaired) electrons. The highest BCUT2D eigenvalue weighted by Gasteiger charge is 2.22. The van der Waals surface area contributed by atoms with Crippen molar-refractivity contribution < 1.29 is 4.74 Å². The second kappa shape index (κ2) is 12.7. The number of nitrogens with zero attached hydrogens (tertiary/aromatic N) is 3. The number of unbranched alkanes of at least 4 members (excludes halogenated alkanes) is 3. The first-order valence-corrected chi connectivity index (χ1v) is 11.1. The third kappa shape index (κ3) is 8.23. The van der Waals surface area contributed by atoms with Gasteiger partial charge in [0.25, 0.3) is 0 Å². The Morgan fingerprint density at radius 3 is 2.76 bits per heavy atom. The van der Waals surface area contributed by atoms with E-state index >= 15 is 0 Å². The first kappa shape index (κ1) is 23.5. The molecule has 6 nitrogen and oxygen atoms in total. The summed E-state index contributed by atoms with van der Waals surface area (Å²) in [5.41, 5.74) is 2.40. The zero-order valence-electron chi connectivity index (χ0n) is 19.1. The van der Waals surface area contributed by atoms with Crippen LogP contribution in [0.25, 0.3) is 0 Å². The van der Waals surface area contributed by atoms with Crippen LogP contribution in [-0.4, -0.2) is 75.7 Å². The molecule has 1 saturated heterocycles. The van der Waals surface area contributed by atoms with Gasteiger partial charge in [-0.2, -0.15) is 0 Å². The third-order valence-corrected chi connectivity index (χ3v) is 5.63. The second-order valence-electron chi connectivity index (χ2n) is 8.22. The fourth-order valence-corrected chi connectivity index (χ4v) is 3.59. The van der Waals surface area contributed by atoms with Crippen LogP contribution >= 0.6 is 0 Å². The quantitative estimate of drug-likeness (QED) is 0.357. The van der Waals surface area contributed by atoms with Crippen LogP contribution in [0.15, 0.2) is 23.2 Å². The molecule has 1 atom stereocenters. The summed E-state index contributed by atoms with van der Waals surface area (Å²) in [6, 6.07) is 6.93. The molecule has 1 unspecified atom stereocenters. The van der Waals surface area contributed by atoms with Crippen molar-refractivity contribution in [3.8, 4) is 5.75 Å². The van der Waals surface area contributed by atoms with E-state index in [0.717, 1.165) is 50.9 Å². The largest absolute Gasteiger partial charge is 0.493 e. The molecular formula is C23H41N5O. The maximum atomic E-state index is 6.10. The molecule has 0 saturated carbocycles. The number of guanidine groups is 1. The summed E-state index contributed by atoms with van der Waals surface area (Å²) >= 11 is 0. The van der Waals surface area contributed by atoms with Gasteiger partial charge in [-0.1, -0.05) is 38.3 Å². The van der Waals surface area contributed by atoms with E-state index in [4.69, 9.17) is 4.74 Å². The van der Waals surface area contributed by atoms with Crippen LogP contribution in [0.2, 0.25) is 0 Å². The number of nitrogens with one attached hydrogen (secondary N) is 2. The smallest absolute Gasteiger partial charge is 0.191 e. The van der Waals surface area contributed by atoms with Crippen LogP contribution in [0.3, 0.4) is 0 Å². The first-order valence-electron chi connectivity index (χ1n) is 11.1. The average Bonchev–Trinajstić information content (AvgIpc) is 2.71. The Balaban J connectivity index is 1.84. The van der Waals surface area contributed by atoms with Crippen LogP contribution in [0.5, 0.6) is 5.75 Å². The van der Waals surface area contributed by atoms with Gasteiger partial charge in [-0.25, -0.2) is 0 Å². The number of hydrogen-bond donors (Lipinski definition) is 2. The number of rotatable bonds is 10. The molecular weight excluding hydrogens is 362 g/mol. The number of ether oxygens (including phenoxy) is 1. The van der Waals surface area contributed by atoms with Crippen molar-refractivity contribution in [2.24, 2.45) is 4.99 Å². The zero-order valence-corrected chi connectivity index (χ0v) is 19.1. The van der Waals surface area contributed by atoms with Gasteiger partial charge in [0.2, 0.25) is 0 Å². The van der Waals surface area contributed by atoms with Crippen molar-refractivity contribution in [2.45, 2.75) is 52.1 Å². The van der Waals surface area contributed by atoms with Gasteiger partial charge in [-0.05, 0) is 39.1 Å². The Kier molecular flexibility index (Phi) is 10.3. The summed E-state index contributed by atoms with van der Waals surface area (Å²) in [7, 11) is 6.21. The molecule has 29 heavy (non-hydrogen) atoms. The summed E-state index contributed by atoms with van der Waals surface area (Å²) in [6.07, 6.45) is 4.87. The van der Waals surface area contributed by atoms with Gasteiger partial charge in [0.05, 0.1) is 6.61 Å². The molecule has 0 bridgehead atoms. The van der Waals surface area contributed by atoms with Crippen molar-refractivity contribution in [2.75, 3.05) is 53.9 Å². The number of benzene rings is 1. The molecule has 6 heteroatoms. The number of likely N-dealkylation sites (N-methyl/N-ethyl adjacent to an activating group) is 2. The van der Waals surface area contributed by atoms with Crippen molar-refractivity contribution in [1.82, 2.24) is 20.4 Å². The highest BCUT2D eigenvalue weighted by atomic mass is 16.5. The number of aryl methyl sites for hydroxylation is 1. The lowest BCUT2D eigenvalue weighted by Crippen LogP contribution is -2.55. The Bertz CT molecular complexity index is 634. The molecule has 0 aromatic heterocycles. The summed E-state index contributed by atoms with van der Waals surface area (Å²) in [6.45, 7) is 10.0. The van der Waals surface area contributed by atoms with Crippen LogP contribution in [0, 0.1) is 6.92 Å². The molecule has 1 heterocycles. The van der Waals surface area contributed by atoms with E-state index < -0.39 is 0 Å². The van der Waals surface area contributed by atoms with Crippen molar-refractivity contribution in [3.63, 3.8) is 0 Å². The topological polar surface area (TPSA) is 52.1 Å². The van der Waals surface area contributed by atoms with Gasteiger partial charge in [0.1, 0.15) is 5.75 Å². The highest BCUT2D eigenvalue weighted by molar-refractivity contribution is 5.79. The predicted octanol–water partition coefficient (Wildman–Crippen LogP) is 2.86. The van der Waals surface area contributed by atoms with E-state index in [-0.39, 0.29) is 0 Å². The zero-order chi connectivity index (χ0) is 21.1. The minimum atomic E-state index is 0.494. The van der Waals surface area contributed by atoms with Crippen LogP contribution in [0.1, 0.15) is 43.7 Å². The van der Waals surface area contributed by atoms with Crippen LogP contribution in [-0.2, 0) is 6.54 Å². The molecule has 0 aliphatic carbocycles. The molecule has 0 amide bonds. The van der Waals surface area contributed by atoms with E-state index in [1.807, 2.05) is 7.05 Å². The summed E-state index contributed by atoms with van der Waals surface area (Å²) in [5, 5.41) is 6.94. The fraction of sp³-hybridized carbons (Fsp3) is 0.696. The number of aliphatic imine (C=N–C) groups is 1. The minimum Gasteiger partial charge on any atom is -0.493 e. The minimum absolute atomic E-state index is 0.494. The molecule has 2 N–H and O–H groups in total. The Morgan fingerprint density at radius 1 is 1.17 bits per heavy atom. The van der Waals surface area contributed by atoms with Crippen molar-refractivity contribution >= 4 is 5.96 Å². The molecule has 1 aromatic rings. The maximum Gasteiger partial charge on any atom is 0.191 e. The van der Waals surface area contributed by atoms with E-state index in [1.54, 1.807) is 0 Å². The van der Waals surface area contributed by atoms with Gasteiger partial charge in [0.15, 0.2) is 5.96 Å². The van der Waals surface area contributed by atoms with E-state index in [0.29, 0.717) is 12.6 Å². The van der Waals surface area contributed by atoms with Gasteiger partial charge < -0.3 is 20.3 Å². The fourth-order valence-electron chi connectivity index (χ4n) is 3.59. The maximum absolute atomic E-state index is 6.10. The second-order valence-corrected chi connectivity index (χ2v) is 8.22. The van der Waals surface area contributed by atoms with Gasteiger partial charge >= 0.3 is 0 Å². The summed E-state index contributed by atoms with van der Waals surface area (Å²) < 4.78 is 6.10. The molecule has 2 rings (SSSR count). The standard InChI is InChI=1S/C23H41N5O/c1-6-7-8-9-14-29-22-15-19(2)10-11-20(22)16-25-23(24-3)26-17-21-18-27(4)12-13-28(21)5/h10-11,15,21H,6-9,12-14,16-18H2,1-5H3,(H2,24,25,26). The van der Waals surface area contributed by atoms with Gasteiger partial charge in [0, 0.05) is 51.4 Å². The van der Waals surface area contributed by atoms with Crippen molar-refractivity contribution in [3.05, 3.63) is 29.3 Å². The van der Waals surface area contributed by atoms with Crippen molar-refractivity contribution in [1.29, 1.82) is 0 Å². The molecule has 1 fully saturated rings. The normalized spacial score (nSPS) is 18.7. The lowest BCUT2D eigenvalue weighted by molar-refractivity contribution is 0.116. The molecule has 164 valence electrons. The Labute approximate surface area is 177 Å². The highest BCUT2D eigenvalue weighted by Crippen LogP contribution is 2.21. The summed E-state index contributed by atoms with van der Waals surface area (Å²) in [4.78, 5) is 9.21. The summed E-state index contributed by atoms with van der Waals surface area (Å²) in [5.74, 6) is 1.82.